The van der Waals surface area contributed by atoms with E-state index in [9.17, 15) is 0 Å². The second kappa shape index (κ2) is 5.60. The minimum absolute atomic E-state index is 0.141. The van der Waals surface area contributed by atoms with Gasteiger partial charge < -0.3 is 10.6 Å². The molecule has 3 rings (SSSR count). The summed E-state index contributed by atoms with van der Waals surface area (Å²) >= 11 is 0. The number of benzene rings is 2. The monoisotopic (exact) mass is 279 g/mol. The Morgan fingerprint density at radius 1 is 1.14 bits per heavy atom. The molecule has 0 fully saturated rings. The lowest BCUT2D eigenvalue weighted by Crippen LogP contribution is -2.26. The first-order valence-corrected chi connectivity index (χ1v) is 7.42. The van der Waals surface area contributed by atoms with E-state index in [0.29, 0.717) is 0 Å². The smallest absolute Gasteiger partial charge is 0.124 e. The van der Waals surface area contributed by atoms with E-state index in [0.717, 1.165) is 37.2 Å². The first-order valence-electron chi connectivity index (χ1n) is 7.42. The number of anilines is 1. The maximum Gasteiger partial charge on any atom is 0.124 e. The molecule has 0 saturated carbocycles. The largest absolute Gasteiger partial charge is 0.384 e. The number of hydrogen-bond acceptors (Lipinski definition) is 2. The summed E-state index contributed by atoms with van der Waals surface area (Å²) in [6, 6.07) is 14.8. The molecule has 1 heterocycles. The van der Waals surface area contributed by atoms with Gasteiger partial charge in [-0.25, -0.2) is 0 Å². The fourth-order valence-electron chi connectivity index (χ4n) is 3.04. The zero-order valence-electron chi connectivity index (χ0n) is 12.4. The molecule has 0 atom stereocenters. The lowest BCUT2D eigenvalue weighted by Gasteiger charge is -2.26. The third-order valence-corrected chi connectivity index (χ3v) is 4.14. The van der Waals surface area contributed by atoms with Crippen molar-refractivity contribution in [2.45, 2.75) is 26.3 Å². The summed E-state index contributed by atoms with van der Waals surface area (Å²) in [5, 5.41) is 7.82. The number of nitrogens with zero attached hydrogens (tertiary/aromatic N) is 1. The van der Waals surface area contributed by atoms with Gasteiger partial charge in [0.15, 0.2) is 0 Å². The normalized spacial score (nSPS) is 14.4. The Labute approximate surface area is 125 Å². The third-order valence-electron chi connectivity index (χ3n) is 4.14. The quantitative estimate of drug-likeness (QED) is 0.655. The van der Waals surface area contributed by atoms with Crippen molar-refractivity contribution < 1.29 is 0 Å². The second-order valence-corrected chi connectivity index (χ2v) is 5.73. The van der Waals surface area contributed by atoms with Gasteiger partial charge >= 0.3 is 0 Å². The van der Waals surface area contributed by atoms with E-state index in [1.165, 1.54) is 16.7 Å². The van der Waals surface area contributed by atoms with Gasteiger partial charge in [0.1, 0.15) is 5.84 Å². The topological polar surface area (TPSA) is 53.1 Å². The fraction of sp³-hybridized carbons (Fsp3) is 0.278. The van der Waals surface area contributed by atoms with Gasteiger partial charge in [-0.05, 0) is 48.6 Å². The van der Waals surface area contributed by atoms with Crippen molar-refractivity contribution in [2.24, 2.45) is 5.73 Å². The molecule has 2 aromatic rings. The van der Waals surface area contributed by atoms with Crippen LogP contribution in [0.5, 0.6) is 0 Å². The van der Waals surface area contributed by atoms with E-state index >= 15 is 0 Å². The molecule has 1 aliphatic heterocycles. The van der Waals surface area contributed by atoms with E-state index in [-0.39, 0.29) is 5.84 Å². The van der Waals surface area contributed by atoms with Crippen LogP contribution in [0.4, 0.5) is 5.69 Å². The molecule has 0 unspecified atom stereocenters. The van der Waals surface area contributed by atoms with Gasteiger partial charge in [0.2, 0.25) is 0 Å². The lowest BCUT2D eigenvalue weighted by molar-refractivity contribution is 0.765. The molecule has 21 heavy (non-hydrogen) atoms. The zero-order valence-corrected chi connectivity index (χ0v) is 12.4. The molecule has 3 N–H and O–H groups in total. The van der Waals surface area contributed by atoms with Gasteiger partial charge in [-0.3, -0.25) is 5.41 Å². The molecular formula is C18H21N3. The average Bonchev–Trinajstić information content (AvgIpc) is 2.68. The number of nitrogens with two attached hydrogens (primary N) is 1. The minimum Gasteiger partial charge on any atom is -0.384 e. The van der Waals surface area contributed by atoms with Crippen LogP contribution < -0.4 is 10.6 Å². The van der Waals surface area contributed by atoms with Crippen LogP contribution >= 0.6 is 0 Å². The Morgan fingerprint density at radius 3 is 2.67 bits per heavy atom. The Balaban J connectivity index is 2.01. The molecule has 0 amide bonds. The molecule has 3 heteroatoms. The molecule has 1 aliphatic rings. The van der Waals surface area contributed by atoms with Crippen molar-refractivity contribution in [1.29, 1.82) is 5.41 Å². The number of fused-ring (bicyclic) bond motifs is 1. The summed E-state index contributed by atoms with van der Waals surface area (Å²) in [5.74, 6) is 0.141. The Kier molecular flexibility index (Phi) is 3.65. The van der Waals surface area contributed by atoms with Crippen LogP contribution in [0.15, 0.2) is 42.5 Å². The van der Waals surface area contributed by atoms with Crippen molar-refractivity contribution >= 4 is 11.5 Å². The van der Waals surface area contributed by atoms with Crippen molar-refractivity contribution in [3.05, 3.63) is 64.7 Å². The molecule has 108 valence electrons. The SMILES string of the molecule is Cc1ccc(C(=N)N)c(N2CCCc3ccccc3C2)c1. The fourth-order valence-corrected chi connectivity index (χ4v) is 3.04. The molecule has 0 spiro atoms. The predicted octanol–water partition coefficient (Wildman–Crippen LogP) is 3.23. The van der Waals surface area contributed by atoms with Gasteiger partial charge in [0.05, 0.1) is 0 Å². The highest BCUT2D eigenvalue weighted by molar-refractivity contribution is 6.00. The number of amidine groups is 1. The van der Waals surface area contributed by atoms with Crippen molar-refractivity contribution in [3.8, 4) is 0 Å². The number of rotatable bonds is 2. The van der Waals surface area contributed by atoms with E-state index in [1.54, 1.807) is 0 Å². The zero-order chi connectivity index (χ0) is 14.8. The van der Waals surface area contributed by atoms with E-state index in [2.05, 4.69) is 42.2 Å². The van der Waals surface area contributed by atoms with E-state index in [4.69, 9.17) is 11.1 Å². The molecule has 3 nitrogen and oxygen atoms in total. The van der Waals surface area contributed by atoms with Crippen LogP contribution in [0.3, 0.4) is 0 Å². The molecule has 0 saturated heterocycles. The number of nitrogens with one attached hydrogen (secondary N) is 1. The highest BCUT2D eigenvalue weighted by Gasteiger charge is 2.18. The first-order chi connectivity index (χ1) is 10.1. The Morgan fingerprint density at radius 2 is 1.90 bits per heavy atom. The van der Waals surface area contributed by atoms with Crippen LogP contribution in [0.1, 0.15) is 28.7 Å². The number of nitrogen functional groups attached to an aromatic ring is 1. The summed E-state index contributed by atoms with van der Waals surface area (Å²) in [7, 11) is 0. The molecule has 0 aliphatic carbocycles. The summed E-state index contributed by atoms with van der Waals surface area (Å²) in [6.45, 7) is 3.97. The molecule has 0 radical (unpaired) electrons. The summed E-state index contributed by atoms with van der Waals surface area (Å²) < 4.78 is 0. The summed E-state index contributed by atoms with van der Waals surface area (Å²) in [6.07, 6.45) is 2.25. The summed E-state index contributed by atoms with van der Waals surface area (Å²) in [4.78, 5) is 2.36. The van der Waals surface area contributed by atoms with Gasteiger partial charge in [-0.2, -0.15) is 0 Å². The number of hydrogen-bond donors (Lipinski definition) is 2. The average molecular weight is 279 g/mol. The van der Waals surface area contributed by atoms with Crippen LogP contribution in [-0.2, 0) is 13.0 Å². The van der Waals surface area contributed by atoms with Crippen LogP contribution in [-0.4, -0.2) is 12.4 Å². The first kappa shape index (κ1) is 13.7. The third kappa shape index (κ3) is 2.77. The lowest BCUT2D eigenvalue weighted by atomic mass is 10.0. The molecule has 2 aromatic carbocycles. The van der Waals surface area contributed by atoms with Gasteiger partial charge in [0.25, 0.3) is 0 Å². The highest BCUT2D eigenvalue weighted by atomic mass is 15.1. The van der Waals surface area contributed by atoms with Crippen LogP contribution in [0, 0.1) is 12.3 Å². The maximum absolute atomic E-state index is 7.82. The Hall–Kier alpha value is -2.29. The predicted molar refractivity (Wildman–Crippen MR) is 88.0 cm³/mol. The van der Waals surface area contributed by atoms with Crippen molar-refractivity contribution in [1.82, 2.24) is 0 Å². The van der Waals surface area contributed by atoms with Gasteiger partial charge in [0, 0.05) is 24.3 Å². The summed E-state index contributed by atoms with van der Waals surface area (Å²) in [5.41, 5.74) is 11.7. The highest BCUT2D eigenvalue weighted by Crippen LogP contribution is 2.27. The van der Waals surface area contributed by atoms with Gasteiger partial charge in [-0.1, -0.05) is 30.3 Å². The Bertz CT molecular complexity index is 676. The molecule has 0 aromatic heterocycles. The number of aryl methyl sites for hydroxylation is 2. The minimum atomic E-state index is 0.141. The van der Waals surface area contributed by atoms with Crippen LogP contribution in [0.25, 0.3) is 0 Å². The van der Waals surface area contributed by atoms with Crippen molar-refractivity contribution in [2.75, 3.05) is 11.4 Å². The molecular weight excluding hydrogens is 258 g/mol. The van der Waals surface area contributed by atoms with Crippen LogP contribution in [0.2, 0.25) is 0 Å². The second-order valence-electron chi connectivity index (χ2n) is 5.73. The molecule has 0 bridgehead atoms. The van der Waals surface area contributed by atoms with Crippen molar-refractivity contribution in [3.63, 3.8) is 0 Å². The van der Waals surface area contributed by atoms with E-state index in [1.807, 2.05) is 12.1 Å². The van der Waals surface area contributed by atoms with E-state index < -0.39 is 0 Å². The maximum atomic E-state index is 7.82. The standard InChI is InChI=1S/C18H21N3/c1-13-8-9-16(18(19)20)17(11-13)21-10-4-7-14-5-2-3-6-15(14)12-21/h2-3,5-6,8-9,11H,4,7,10,12H2,1H3,(H3,19,20). The van der Waals surface area contributed by atoms with Gasteiger partial charge in [-0.15, -0.1) is 0 Å².